The first-order valence-electron chi connectivity index (χ1n) is 6.96. The summed E-state index contributed by atoms with van der Waals surface area (Å²) in [6.45, 7) is 0. The Morgan fingerprint density at radius 2 is 1.95 bits per heavy atom. The molecule has 0 saturated heterocycles. The predicted octanol–water partition coefficient (Wildman–Crippen LogP) is 4.66. The van der Waals surface area contributed by atoms with Crippen molar-refractivity contribution in [1.29, 1.82) is 5.26 Å². The van der Waals surface area contributed by atoms with Gasteiger partial charge in [-0.1, -0.05) is 12.8 Å². The van der Waals surface area contributed by atoms with Gasteiger partial charge in [0.25, 0.3) is 0 Å². The van der Waals surface area contributed by atoms with Crippen LogP contribution in [-0.2, 0) is 0 Å². The maximum absolute atomic E-state index is 8.76. The van der Waals surface area contributed by atoms with Crippen LogP contribution in [0.4, 0.5) is 5.69 Å². The average Bonchev–Trinajstić information content (AvgIpc) is 3.16. The van der Waals surface area contributed by atoms with Crippen molar-refractivity contribution in [3.63, 3.8) is 0 Å². The van der Waals surface area contributed by atoms with Gasteiger partial charge in [-0.15, -0.1) is 0 Å². The molecule has 0 unspecified atom stereocenters. The fourth-order valence-electron chi connectivity index (χ4n) is 2.65. The van der Waals surface area contributed by atoms with Crippen LogP contribution in [0.15, 0.2) is 41.4 Å². The number of nitriles is 1. The molecule has 4 heteroatoms. The quantitative estimate of drug-likeness (QED) is 0.802. The third-order valence-electron chi connectivity index (χ3n) is 3.77. The second kappa shape index (κ2) is 6.06. The first-order chi connectivity index (χ1) is 9.85. The molecule has 0 bridgehead atoms. The van der Waals surface area contributed by atoms with E-state index < -0.39 is 0 Å². The van der Waals surface area contributed by atoms with Crippen molar-refractivity contribution >= 4 is 17.6 Å². The van der Waals surface area contributed by atoms with Gasteiger partial charge in [0.15, 0.2) is 0 Å². The molecule has 0 spiro atoms. The van der Waals surface area contributed by atoms with Crippen LogP contribution in [0.2, 0.25) is 0 Å². The van der Waals surface area contributed by atoms with Crippen molar-refractivity contribution in [2.24, 2.45) is 0 Å². The normalized spacial score (nSPS) is 15.2. The van der Waals surface area contributed by atoms with Crippen molar-refractivity contribution in [1.82, 2.24) is 4.98 Å². The highest BCUT2D eigenvalue weighted by Gasteiger charge is 2.18. The number of rotatable bonds is 4. The Morgan fingerprint density at radius 3 is 2.65 bits per heavy atom. The van der Waals surface area contributed by atoms with Gasteiger partial charge in [-0.25, -0.2) is 0 Å². The number of hydrogen-bond donors (Lipinski definition) is 2. The second-order valence-electron chi connectivity index (χ2n) is 5.17. The lowest BCUT2D eigenvalue weighted by Gasteiger charge is -2.05. The number of aromatic amines is 1. The van der Waals surface area contributed by atoms with E-state index in [2.05, 4.69) is 28.0 Å². The summed E-state index contributed by atoms with van der Waals surface area (Å²) in [7, 11) is 0. The number of H-pyrrole nitrogens is 1. The fraction of sp³-hybridized carbons (Fsp3) is 0.312. The van der Waals surface area contributed by atoms with Crippen molar-refractivity contribution < 1.29 is 0 Å². The van der Waals surface area contributed by atoms with Crippen molar-refractivity contribution in [2.75, 3.05) is 4.72 Å². The van der Waals surface area contributed by atoms with Crippen molar-refractivity contribution in [3.05, 3.63) is 47.8 Å². The highest BCUT2D eigenvalue weighted by atomic mass is 32.2. The molecule has 0 aliphatic heterocycles. The number of aromatic nitrogens is 1. The van der Waals surface area contributed by atoms with Crippen LogP contribution < -0.4 is 4.72 Å². The SMILES string of the molecule is N#Cc1ccc(NSc2c[nH]c(C3CCCC3)c2)cc1. The Kier molecular flexibility index (Phi) is 3.98. The van der Waals surface area contributed by atoms with E-state index >= 15 is 0 Å². The van der Waals surface area contributed by atoms with Gasteiger partial charge >= 0.3 is 0 Å². The average molecular weight is 283 g/mol. The molecule has 1 aromatic heterocycles. The molecular formula is C16H17N3S. The molecule has 1 aliphatic rings. The molecule has 0 radical (unpaired) electrons. The third kappa shape index (κ3) is 3.00. The maximum Gasteiger partial charge on any atom is 0.0991 e. The summed E-state index contributed by atoms with van der Waals surface area (Å²) in [5.41, 5.74) is 3.06. The number of benzene rings is 1. The smallest absolute Gasteiger partial charge is 0.0991 e. The molecule has 2 aromatic rings. The van der Waals surface area contributed by atoms with Crippen LogP contribution in [0, 0.1) is 11.3 Å². The van der Waals surface area contributed by atoms with Gasteiger partial charge in [0.2, 0.25) is 0 Å². The Labute approximate surface area is 123 Å². The van der Waals surface area contributed by atoms with E-state index in [1.807, 2.05) is 24.3 Å². The first kappa shape index (κ1) is 13.1. The molecule has 1 aliphatic carbocycles. The van der Waals surface area contributed by atoms with Crippen LogP contribution in [0.1, 0.15) is 42.9 Å². The van der Waals surface area contributed by atoms with E-state index in [0.717, 1.165) is 11.6 Å². The molecular weight excluding hydrogens is 266 g/mol. The number of nitrogens with zero attached hydrogens (tertiary/aromatic N) is 1. The van der Waals surface area contributed by atoms with Crippen molar-refractivity contribution in [2.45, 2.75) is 36.5 Å². The summed E-state index contributed by atoms with van der Waals surface area (Å²) in [6.07, 6.45) is 7.40. The maximum atomic E-state index is 8.76. The molecule has 1 heterocycles. The number of hydrogen-bond acceptors (Lipinski definition) is 3. The molecule has 1 saturated carbocycles. The summed E-state index contributed by atoms with van der Waals surface area (Å²) in [4.78, 5) is 4.60. The summed E-state index contributed by atoms with van der Waals surface area (Å²) >= 11 is 1.60. The molecule has 0 amide bonds. The zero-order chi connectivity index (χ0) is 13.8. The summed E-state index contributed by atoms with van der Waals surface area (Å²) < 4.78 is 3.30. The van der Waals surface area contributed by atoms with Crippen LogP contribution in [-0.4, -0.2) is 4.98 Å². The Bertz CT molecular complexity index is 603. The van der Waals surface area contributed by atoms with Gasteiger partial charge in [-0.2, -0.15) is 5.26 Å². The summed E-state index contributed by atoms with van der Waals surface area (Å²) in [5.74, 6) is 0.722. The van der Waals surface area contributed by atoms with Crippen LogP contribution >= 0.6 is 11.9 Å². The van der Waals surface area contributed by atoms with Crippen molar-refractivity contribution in [3.8, 4) is 6.07 Å². The molecule has 3 nitrogen and oxygen atoms in total. The second-order valence-corrected chi connectivity index (χ2v) is 6.05. The first-order valence-corrected chi connectivity index (χ1v) is 7.78. The monoisotopic (exact) mass is 283 g/mol. The molecule has 0 atom stereocenters. The summed E-state index contributed by atoms with van der Waals surface area (Å²) in [6, 6.07) is 11.9. The lowest BCUT2D eigenvalue weighted by atomic mass is 10.1. The van der Waals surface area contributed by atoms with E-state index in [1.165, 1.54) is 36.3 Å². The minimum Gasteiger partial charge on any atom is -0.364 e. The van der Waals surface area contributed by atoms with Crippen LogP contribution in [0.3, 0.4) is 0 Å². The van der Waals surface area contributed by atoms with E-state index in [-0.39, 0.29) is 0 Å². The molecule has 3 rings (SSSR count). The lowest BCUT2D eigenvalue weighted by molar-refractivity contribution is 0.702. The minimum absolute atomic E-state index is 0.686. The third-order valence-corrected chi connectivity index (χ3v) is 4.58. The van der Waals surface area contributed by atoms with Crippen LogP contribution in [0.5, 0.6) is 0 Å². The van der Waals surface area contributed by atoms with E-state index in [0.29, 0.717) is 5.56 Å². The van der Waals surface area contributed by atoms with Gasteiger partial charge < -0.3 is 9.71 Å². The molecule has 1 fully saturated rings. The van der Waals surface area contributed by atoms with Gasteiger partial charge in [-0.3, -0.25) is 0 Å². The van der Waals surface area contributed by atoms with Gasteiger partial charge in [0.1, 0.15) is 0 Å². The zero-order valence-corrected chi connectivity index (χ0v) is 12.0. The lowest BCUT2D eigenvalue weighted by Crippen LogP contribution is -1.90. The van der Waals surface area contributed by atoms with Gasteiger partial charge in [0.05, 0.1) is 11.6 Å². The number of anilines is 1. The van der Waals surface area contributed by atoms with E-state index in [9.17, 15) is 0 Å². The minimum atomic E-state index is 0.686. The topological polar surface area (TPSA) is 51.6 Å². The highest BCUT2D eigenvalue weighted by molar-refractivity contribution is 8.00. The molecule has 102 valence electrons. The molecule has 20 heavy (non-hydrogen) atoms. The fourth-order valence-corrected chi connectivity index (χ4v) is 3.33. The van der Waals surface area contributed by atoms with E-state index in [4.69, 9.17) is 5.26 Å². The van der Waals surface area contributed by atoms with Gasteiger partial charge in [0, 0.05) is 22.5 Å². The Hall–Kier alpha value is -1.86. The van der Waals surface area contributed by atoms with Gasteiger partial charge in [-0.05, 0) is 61.0 Å². The van der Waals surface area contributed by atoms with E-state index in [1.54, 1.807) is 11.9 Å². The van der Waals surface area contributed by atoms with Crippen LogP contribution in [0.25, 0.3) is 0 Å². The zero-order valence-electron chi connectivity index (χ0n) is 11.2. The highest BCUT2D eigenvalue weighted by Crippen LogP contribution is 2.35. The molecule has 2 N–H and O–H groups in total. The molecule has 1 aromatic carbocycles. The Morgan fingerprint density at radius 1 is 1.20 bits per heavy atom. The summed E-state index contributed by atoms with van der Waals surface area (Å²) in [5, 5.41) is 8.76. The Balaban J connectivity index is 1.59. The largest absolute Gasteiger partial charge is 0.364 e. The number of nitrogens with one attached hydrogen (secondary N) is 2. The standard InChI is InChI=1S/C16H17N3S/c17-10-12-5-7-14(8-6-12)19-20-15-9-16(18-11-15)13-3-1-2-4-13/h5-9,11,13,18-19H,1-4H2. The predicted molar refractivity (Wildman–Crippen MR) is 82.6 cm³/mol.